The summed E-state index contributed by atoms with van der Waals surface area (Å²) in [5.74, 6) is 0.833. The number of carbonyl (C=O) groups is 1. The molecule has 0 spiro atoms. The van der Waals surface area contributed by atoms with Crippen molar-refractivity contribution in [1.29, 1.82) is 0 Å². The van der Waals surface area contributed by atoms with Crippen LogP contribution in [0, 0.1) is 5.92 Å². The van der Waals surface area contributed by atoms with Crippen molar-refractivity contribution in [3.05, 3.63) is 0 Å². The van der Waals surface area contributed by atoms with Crippen LogP contribution in [-0.2, 0) is 9.53 Å². The summed E-state index contributed by atoms with van der Waals surface area (Å²) in [5, 5.41) is 0. The summed E-state index contributed by atoms with van der Waals surface area (Å²) in [5.41, 5.74) is 0. The van der Waals surface area contributed by atoms with Gasteiger partial charge < -0.3 is 9.64 Å². The van der Waals surface area contributed by atoms with E-state index in [2.05, 4.69) is 32.6 Å². The molecule has 0 aromatic heterocycles. The molecule has 0 saturated carbocycles. The molecule has 4 heteroatoms. The molecule has 1 saturated heterocycles. The van der Waals surface area contributed by atoms with Crippen molar-refractivity contribution < 1.29 is 9.53 Å². The van der Waals surface area contributed by atoms with Crippen LogP contribution >= 0.6 is 0 Å². The molecular formula is C15H34N2O2. The Labute approximate surface area is 120 Å². The Morgan fingerprint density at radius 3 is 2.32 bits per heavy atom. The molecule has 116 valence electrons. The maximum Gasteiger partial charge on any atom is 0.209 e. The maximum atomic E-state index is 10.4. The molecular weight excluding hydrogens is 240 g/mol. The minimum atomic E-state index is 0.184. The van der Waals surface area contributed by atoms with E-state index < -0.39 is 0 Å². The van der Waals surface area contributed by atoms with Crippen molar-refractivity contribution in [3.63, 3.8) is 0 Å². The molecule has 1 fully saturated rings. The van der Waals surface area contributed by atoms with Crippen LogP contribution < -0.4 is 0 Å². The van der Waals surface area contributed by atoms with E-state index in [4.69, 9.17) is 4.74 Å². The van der Waals surface area contributed by atoms with Gasteiger partial charge in [-0.15, -0.1) is 0 Å². The van der Waals surface area contributed by atoms with Gasteiger partial charge >= 0.3 is 0 Å². The van der Waals surface area contributed by atoms with Gasteiger partial charge in [-0.3, -0.25) is 9.69 Å². The van der Waals surface area contributed by atoms with E-state index in [1.165, 1.54) is 0 Å². The first-order valence-corrected chi connectivity index (χ1v) is 7.49. The lowest BCUT2D eigenvalue weighted by atomic mass is 10.2. The van der Waals surface area contributed by atoms with Crippen molar-refractivity contribution in [1.82, 2.24) is 9.80 Å². The molecule has 1 amide bonds. The van der Waals surface area contributed by atoms with Crippen LogP contribution in [0.15, 0.2) is 0 Å². The van der Waals surface area contributed by atoms with Crippen molar-refractivity contribution in [2.45, 2.75) is 47.6 Å². The highest BCUT2D eigenvalue weighted by atomic mass is 16.5. The second-order valence-electron chi connectivity index (χ2n) is 5.16. The van der Waals surface area contributed by atoms with Crippen LogP contribution in [0.2, 0.25) is 0 Å². The summed E-state index contributed by atoms with van der Waals surface area (Å²) < 4.78 is 5.54. The van der Waals surface area contributed by atoms with Crippen molar-refractivity contribution in [2.75, 3.05) is 39.8 Å². The number of morpholine rings is 1. The van der Waals surface area contributed by atoms with Gasteiger partial charge in [0.1, 0.15) is 0 Å². The zero-order chi connectivity index (χ0) is 15.3. The number of hydrogen-bond donors (Lipinski definition) is 0. The van der Waals surface area contributed by atoms with Crippen molar-refractivity contribution in [2.24, 2.45) is 5.92 Å². The highest BCUT2D eigenvalue weighted by Crippen LogP contribution is 2.05. The van der Waals surface area contributed by atoms with Gasteiger partial charge in [-0.25, -0.2) is 0 Å². The van der Waals surface area contributed by atoms with E-state index >= 15 is 0 Å². The Hall–Kier alpha value is -0.610. The number of rotatable bonds is 4. The fourth-order valence-corrected chi connectivity index (χ4v) is 1.54. The summed E-state index contributed by atoms with van der Waals surface area (Å²) in [6.07, 6.45) is 1.03. The Balaban J connectivity index is 0. The van der Waals surface area contributed by atoms with Gasteiger partial charge in [0.05, 0.1) is 12.7 Å². The second-order valence-corrected chi connectivity index (χ2v) is 5.16. The van der Waals surface area contributed by atoms with Crippen molar-refractivity contribution >= 4 is 6.41 Å². The normalized spacial score (nSPS) is 18.8. The van der Waals surface area contributed by atoms with E-state index in [-0.39, 0.29) is 6.10 Å². The van der Waals surface area contributed by atoms with Crippen molar-refractivity contribution in [3.8, 4) is 0 Å². The van der Waals surface area contributed by atoms with Crippen LogP contribution in [-0.4, -0.2) is 62.1 Å². The third kappa shape index (κ3) is 13.6. The maximum absolute atomic E-state index is 10.4. The molecule has 1 unspecified atom stereocenters. The Morgan fingerprint density at radius 1 is 1.37 bits per heavy atom. The first kappa shape index (κ1) is 20.7. The Bertz CT molecular complexity index is 196. The third-order valence-corrected chi connectivity index (χ3v) is 2.34. The molecule has 4 nitrogen and oxygen atoms in total. The molecule has 0 N–H and O–H groups in total. The zero-order valence-electron chi connectivity index (χ0n) is 14.0. The molecule has 0 radical (unpaired) electrons. The first-order valence-electron chi connectivity index (χ1n) is 7.49. The molecule has 0 bridgehead atoms. The first-order chi connectivity index (χ1) is 8.99. The summed E-state index contributed by atoms with van der Waals surface area (Å²) in [6.45, 7) is 17.1. The average molecular weight is 274 g/mol. The summed E-state index contributed by atoms with van der Waals surface area (Å²) in [7, 11) is 1.78. The molecule has 0 aliphatic carbocycles. The van der Waals surface area contributed by atoms with Gasteiger partial charge in [-0.05, 0) is 12.5 Å². The molecule has 1 heterocycles. The van der Waals surface area contributed by atoms with E-state index in [0.717, 1.165) is 38.6 Å². The lowest BCUT2D eigenvalue weighted by molar-refractivity contribution is -0.120. The van der Waals surface area contributed by atoms with Crippen LogP contribution in [0.1, 0.15) is 41.5 Å². The number of ether oxygens (including phenoxy) is 1. The largest absolute Gasteiger partial charge is 0.374 e. The minimum absolute atomic E-state index is 0.184. The van der Waals surface area contributed by atoms with Gasteiger partial charge in [0.15, 0.2) is 0 Å². The fourth-order valence-electron chi connectivity index (χ4n) is 1.54. The summed E-state index contributed by atoms with van der Waals surface area (Å²) in [6, 6.07) is 0. The highest BCUT2D eigenvalue weighted by Gasteiger charge is 2.19. The van der Waals surface area contributed by atoms with Crippen LogP contribution in [0.3, 0.4) is 0 Å². The van der Waals surface area contributed by atoms with Gasteiger partial charge in [-0.1, -0.05) is 41.5 Å². The molecule has 1 rings (SSSR count). The molecule has 0 aromatic carbocycles. The fraction of sp³-hybridized carbons (Fsp3) is 0.933. The van der Waals surface area contributed by atoms with Crippen LogP contribution in [0.25, 0.3) is 0 Å². The lowest BCUT2D eigenvalue weighted by Gasteiger charge is -2.33. The van der Waals surface area contributed by atoms with E-state index in [0.29, 0.717) is 6.54 Å². The van der Waals surface area contributed by atoms with Gasteiger partial charge in [0.2, 0.25) is 6.41 Å². The average Bonchev–Trinajstić information content (AvgIpc) is 2.40. The minimum Gasteiger partial charge on any atom is -0.374 e. The van der Waals surface area contributed by atoms with Crippen LogP contribution in [0.5, 0.6) is 0 Å². The number of carbonyl (C=O) groups excluding carboxylic acids is 1. The van der Waals surface area contributed by atoms with E-state index in [1.807, 2.05) is 13.8 Å². The van der Waals surface area contributed by atoms with E-state index in [1.54, 1.807) is 11.9 Å². The Kier molecular flexibility index (Phi) is 15.1. The molecule has 19 heavy (non-hydrogen) atoms. The van der Waals surface area contributed by atoms with E-state index in [9.17, 15) is 4.79 Å². The lowest BCUT2D eigenvalue weighted by Crippen LogP contribution is -2.46. The summed E-state index contributed by atoms with van der Waals surface area (Å²) in [4.78, 5) is 14.4. The van der Waals surface area contributed by atoms with Crippen LogP contribution in [0.4, 0.5) is 0 Å². The van der Waals surface area contributed by atoms with Gasteiger partial charge in [-0.2, -0.15) is 0 Å². The molecule has 1 atom stereocenters. The highest BCUT2D eigenvalue weighted by molar-refractivity contribution is 5.46. The second kappa shape index (κ2) is 13.8. The number of amides is 1. The molecule has 0 aromatic rings. The monoisotopic (exact) mass is 274 g/mol. The standard InChI is InChI=1S/C9H18N2O2.C4H10.C2H6/c1-3-11-4-5-13-9(7-11)6-10(2)8-12;1-4(2)3;1-2/h8-9H,3-7H2,1-2H3;4H,1-3H3;1-2H3. The SMILES string of the molecule is CC.CC(C)C.CCN1CCOC(CN(C)C=O)C1. The predicted molar refractivity (Wildman–Crippen MR) is 82.4 cm³/mol. The third-order valence-electron chi connectivity index (χ3n) is 2.34. The quantitative estimate of drug-likeness (QED) is 0.738. The number of likely N-dealkylation sites (N-methyl/N-ethyl adjacent to an activating group) is 2. The number of hydrogen-bond acceptors (Lipinski definition) is 3. The zero-order valence-corrected chi connectivity index (χ0v) is 14.0. The molecule has 1 aliphatic heterocycles. The van der Waals surface area contributed by atoms with Gasteiger partial charge in [0, 0.05) is 26.7 Å². The number of nitrogens with zero attached hydrogens (tertiary/aromatic N) is 2. The molecule has 1 aliphatic rings. The van der Waals surface area contributed by atoms with Gasteiger partial charge in [0.25, 0.3) is 0 Å². The topological polar surface area (TPSA) is 32.8 Å². The Morgan fingerprint density at radius 2 is 1.89 bits per heavy atom. The smallest absolute Gasteiger partial charge is 0.209 e. The predicted octanol–water partition coefficient (Wildman–Crippen LogP) is 2.48. The summed E-state index contributed by atoms with van der Waals surface area (Å²) >= 11 is 0.